The van der Waals surface area contributed by atoms with Gasteiger partial charge < -0.3 is 5.11 Å². The van der Waals surface area contributed by atoms with Crippen LogP contribution in [-0.2, 0) is 5.75 Å². The molecular formula is C14H22OS. The summed E-state index contributed by atoms with van der Waals surface area (Å²) in [6, 6.07) is 8.74. The molecular weight excluding hydrogens is 216 g/mol. The van der Waals surface area contributed by atoms with E-state index in [0.717, 1.165) is 12.2 Å². The number of hydrogen-bond donors (Lipinski definition) is 1. The van der Waals surface area contributed by atoms with Crippen molar-refractivity contribution in [3.63, 3.8) is 0 Å². The summed E-state index contributed by atoms with van der Waals surface area (Å²) in [4.78, 5) is 0. The Morgan fingerprint density at radius 1 is 1.12 bits per heavy atom. The lowest BCUT2D eigenvalue weighted by molar-refractivity contribution is 0.283. The van der Waals surface area contributed by atoms with Crippen LogP contribution in [0.2, 0.25) is 0 Å². The lowest BCUT2D eigenvalue weighted by Crippen LogP contribution is -1.87. The lowest BCUT2D eigenvalue weighted by atomic mass is 10.2. The van der Waals surface area contributed by atoms with Crippen LogP contribution in [0.5, 0.6) is 0 Å². The molecule has 1 N–H and O–H groups in total. The van der Waals surface area contributed by atoms with E-state index in [9.17, 15) is 0 Å². The van der Waals surface area contributed by atoms with Crippen molar-refractivity contribution in [2.75, 3.05) is 12.4 Å². The van der Waals surface area contributed by atoms with Crippen LogP contribution in [0.4, 0.5) is 0 Å². The first-order chi connectivity index (χ1) is 7.83. The first-order valence-corrected chi connectivity index (χ1v) is 7.22. The molecule has 0 radical (unpaired) electrons. The molecule has 0 heterocycles. The second kappa shape index (κ2) is 8.66. The molecule has 0 aliphatic rings. The fourth-order valence-corrected chi connectivity index (χ4v) is 2.63. The van der Waals surface area contributed by atoms with Gasteiger partial charge >= 0.3 is 0 Å². The van der Waals surface area contributed by atoms with Crippen molar-refractivity contribution < 1.29 is 5.11 Å². The first kappa shape index (κ1) is 13.6. The molecule has 0 bridgehead atoms. The predicted octanol–water partition coefficient (Wildman–Crippen LogP) is 3.78. The third-order valence-corrected chi connectivity index (χ3v) is 3.66. The molecule has 1 aromatic carbocycles. The Labute approximate surface area is 103 Å². The van der Waals surface area contributed by atoms with E-state index in [0.29, 0.717) is 6.61 Å². The fraction of sp³-hybridized carbons (Fsp3) is 0.571. The molecule has 0 atom stereocenters. The van der Waals surface area contributed by atoms with Gasteiger partial charge in [0, 0.05) is 12.4 Å². The maximum Gasteiger partial charge on any atom is 0.0431 e. The van der Waals surface area contributed by atoms with Crippen LogP contribution < -0.4 is 0 Å². The summed E-state index contributed by atoms with van der Waals surface area (Å²) in [5.74, 6) is 2.36. The Morgan fingerprint density at radius 3 is 2.69 bits per heavy atom. The molecule has 0 saturated heterocycles. The molecule has 0 aliphatic heterocycles. The SMILES string of the molecule is Cc1cccc(CSCCCCCCO)c1. The average molecular weight is 238 g/mol. The average Bonchev–Trinajstić information content (AvgIpc) is 2.28. The van der Waals surface area contributed by atoms with Crippen LogP contribution in [0.25, 0.3) is 0 Å². The topological polar surface area (TPSA) is 20.2 Å². The second-order valence-corrected chi connectivity index (χ2v) is 5.28. The molecule has 2 heteroatoms. The van der Waals surface area contributed by atoms with Gasteiger partial charge in [0.15, 0.2) is 0 Å². The van der Waals surface area contributed by atoms with E-state index < -0.39 is 0 Å². The van der Waals surface area contributed by atoms with E-state index in [1.807, 2.05) is 11.8 Å². The number of hydrogen-bond acceptors (Lipinski definition) is 2. The van der Waals surface area contributed by atoms with Gasteiger partial charge in [-0.1, -0.05) is 42.7 Å². The van der Waals surface area contributed by atoms with Crippen molar-refractivity contribution in [2.24, 2.45) is 0 Å². The Bertz CT molecular complexity index is 286. The Kier molecular flexibility index (Phi) is 7.35. The molecule has 1 aromatic rings. The zero-order valence-corrected chi connectivity index (χ0v) is 10.9. The molecule has 0 spiro atoms. The molecule has 1 rings (SSSR count). The second-order valence-electron chi connectivity index (χ2n) is 4.18. The van der Waals surface area contributed by atoms with E-state index in [-0.39, 0.29) is 0 Å². The van der Waals surface area contributed by atoms with Gasteiger partial charge in [-0.05, 0) is 31.1 Å². The number of rotatable bonds is 8. The largest absolute Gasteiger partial charge is 0.396 e. The van der Waals surface area contributed by atoms with Gasteiger partial charge in [0.05, 0.1) is 0 Å². The van der Waals surface area contributed by atoms with E-state index in [1.165, 1.54) is 36.1 Å². The molecule has 16 heavy (non-hydrogen) atoms. The van der Waals surface area contributed by atoms with Crippen LogP contribution in [0, 0.1) is 6.92 Å². The van der Waals surface area contributed by atoms with E-state index in [4.69, 9.17) is 5.11 Å². The number of aryl methyl sites for hydroxylation is 1. The van der Waals surface area contributed by atoms with Gasteiger partial charge in [0.2, 0.25) is 0 Å². The molecule has 1 nitrogen and oxygen atoms in total. The monoisotopic (exact) mass is 238 g/mol. The zero-order valence-electron chi connectivity index (χ0n) is 10.1. The highest BCUT2D eigenvalue weighted by molar-refractivity contribution is 7.98. The minimum Gasteiger partial charge on any atom is -0.396 e. The van der Waals surface area contributed by atoms with Crippen LogP contribution >= 0.6 is 11.8 Å². The lowest BCUT2D eigenvalue weighted by Gasteiger charge is -2.03. The van der Waals surface area contributed by atoms with E-state index >= 15 is 0 Å². The molecule has 0 amide bonds. The highest BCUT2D eigenvalue weighted by Crippen LogP contribution is 2.15. The predicted molar refractivity (Wildman–Crippen MR) is 72.9 cm³/mol. The third kappa shape index (κ3) is 6.19. The quantitative estimate of drug-likeness (QED) is 0.695. The number of aliphatic hydroxyl groups is 1. The van der Waals surface area contributed by atoms with Crippen LogP contribution in [-0.4, -0.2) is 17.5 Å². The van der Waals surface area contributed by atoms with Crippen molar-refractivity contribution in [2.45, 2.75) is 38.4 Å². The normalized spacial score (nSPS) is 10.6. The standard InChI is InChI=1S/C14H22OS/c1-13-7-6-8-14(11-13)12-16-10-5-3-2-4-9-15/h6-8,11,15H,2-5,9-10,12H2,1H3. The van der Waals surface area contributed by atoms with E-state index in [2.05, 4.69) is 31.2 Å². The minimum atomic E-state index is 0.344. The summed E-state index contributed by atoms with van der Waals surface area (Å²) in [7, 11) is 0. The van der Waals surface area contributed by atoms with Gasteiger partial charge in [0.25, 0.3) is 0 Å². The van der Waals surface area contributed by atoms with E-state index in [1.54, 1.807) is 0 Å². The summed E-state index contributed by atoms with van der Waals surface area (Å²) < 4.78 is 0. The number of unbranched alkanes of at least 4 members (excludes halogenated alkanes) is 3. The van der Waals surface area contributed by atoms with Crippen LogP contribution in [0.15, 0.2) is 24.3 Å². The summed E-state index contributed by atoms with van der Waals surface area (Å²) in [6.45, 7) is 2.49. The van der Waals surface area contributed by atoms with Gasteiger partial charge in [0.1, 0.15) is 0 Å². The Hall–Kier alpha value is -0.470. The summed E-state index contributed by atoms with van der Waals surface area (Å²) in [6.07, 6.45) is 4.65. The number of benzene rings is 1. The third-order valence-electron chi connectivity index (χ3n) is 2.55. The molecule has 90 valence electrons. The summed E-state index contributed by atoms with van der Waals surface area (Å²) in [5.41, 5.74) is 2.78. The van der Waals surface area contributed by atoms with Gasteiger partial charge in [-0.15, -0.1) is 0 Å². The van der Waals surface area contributed by atoms with Crippen LogP contribution in [0.1, 0.15) is 36.8 Å². The van der Waals surface area contributed by atoms with Crippen molar-refractivity contribution in [3.8, 4) is 0 Å². The highest BCUT2D eigenvalue weighted by atomic mass is 32.2. The minimum absolute atomic E-state index is 0.344. The molecule has 0 unspecified atom stereocenters. The van der Waals surface area contributed by atoms with Gasteiger partial charge in [-0.2, -0.15) is 11.8 Å². The number of aliphatic hydroxyl groups excluding tert-OH is 1. The zero-order chi connectivity index (χ0) is 11.6. The van der Waals surface area contributed by atoms with Crippen LogP contribution in [0.3, 0.4) is 0 Å². The summed E-state index contributed by atoms with van der Waals surface area (Å²) >= 11 is 2.01. The molecule has 0 fully saturated rings. The smallest absolute Gasteiger partial charge is 0.0431 e. The molecule has 0 aromatic heterocycles. The number of thioether (sulfide) groups is 1. The van der Waals surface area contributed by atoms with Gasteiger partial charge in [-0.25, -0.2) is 0 Å². The molecule has 0 aliphatic carbocycles. The maximum atomic E-state index is 8.64. The maximum absolute atomic E-state index is 8.64. The van der Waals surface area contributed by atoms with Crippen molar-refractivity contribution in [3.05, 3.63) is 35.4 Å². The fourth-order valence-electron chi connectivity index (χ4n) is 1.66. The Balaban J connectivity index is 2.03. The molecule has 0 saturated carbocycles. The van der Waals surface area contributed by atoms with Gasteiger partial charge in [-0.3, -0.25) is 0 Å². The van der Waals surface area contributed by atoms with Crippen molar-refractivity contribution in [1.29, 1.82) is 0 Å². The highest BCUT2D eigenvalue weighted by Gasteiger charge is 1.94. The van der Waals surface area contributed by atoms with Crippen molar-refractivity contribution in [1.82, 2.24) is 0 Å². The first-order valence-electron chi connectivity index (χ1n) is 6.07. The summed E-state index contributed by atoms with van der Waals surface area (Å²) in [5, 5.41) is 8.64. The Morgan fingerprint density at radius 2 is 1.94 bits per heavy atom. The van der Waals surface area contributed by atoms with Crippen molar-refractivity contribution >= 4 is 11.8 Å².